The van der Waals surface area contributed by atoms with E-state index < -0.39 is 11.1 Å². The van der Waals surface area contributed by atoms with Crippen LogP contribution in [0.1, 0.15) is 15.6 Å². The van der Waals surface area contributed by atoms with Crippen LogP contribution in [0.2, 0.25) is 0 Å². The summed E-state index contributed by atoms with van der Waals surface area (Å²) in [5.74, 6) is 0. The van der Waals surface area contributed by atoms with Gasteiger partial charge in [-0.2, -0.15) is 13.2 Å². The third kappa shape index (κ3) is 2.41. The summed E-state index contributed by atoms with van der Waals surface area (Å²) in [6, 6.07) is 0. The lowest BCUT2D eigenvalue weighted by Crippen LogP contribution is -2.10. The number of thiazole rings is 1. The van der Waals surface area contributed by atoms with Crippen LogP contribution in [0.4, 0.5) is 13.2 Å². The Hall–Kier alpha value is -0.620. The largest absolute Gasteiger partial charge is 0.427 e. The average molecular weight is 210 g/mol. The van der Waals surface area contributed by atoms with E-state index in [1.807, 2.05) is 0 Å². The Bertz CT molecular complexity index is 292. The molecule has 0 amide bonds. The summed E-state index contributed by atoms with van der Waals surface area (Å²) in [5, 5.41) is 0.427. The van der Waals surface area contributed by atoms with Crippen molar-refractivity contribution in [2.45, 2.75) is 19.5 Å². The van der Waals surface area contributed by atoms with E-state index in [1.54, 1.807) is 6.92 Å². The molecule has 1 rings (SSSR count). The molecule has 0 saturated heterocycles. The smallest absolute Gasteiger partial charge is 0.330 e. The number of nitrogens with two attached hydrogens (primary N) is 1. The van der Waals surface area contributed by atoms with Gasteiger partial charge < -0.3 is 5.73 Å². The Morgan fingerprint density at radius 3 is 2.54 bits per heavy atom. The number of alkyl halides is 3. The van der Waals surface area contributed by atoms with Gasteiger partial charge in [-0.1, -0.05) is 0 Å². The average Bonchev–Trinajstić information content (AvgIpc) is 2.30. The fourth-order valence-electron chi connectivity index (χ4n) is 0.998. The minimum absolute atomic E-state index is 0.0671. The zero-order valence-electron chi connectivity index (χ0n) is 6.98. The van der Waals surface area contributed by atoms with E-state index >= 15 is 0 Å². The molecule has 0 saturated carbocycles. The molecule has 13 heavy (non-hydrogen) atoms. The van der Waals surface area contributed by atoms with Crippen molar-refractivity contribution in [2.24, 2.45) is 5.73 Å². The summed E-state index contributed by atoms with van der Waals surface area (Å²) in [7, 11) is 0. The second kappa shape index (κ2) is 3.63. The van der Waals surface area contributed by atoms with Gasteiger partial charge in [-0.15, -0.1) is 11.3 Å². The molecule has 0 aromatic carbocycles. The Morgan fingerprint density at radius 1 is 1.46 bits per heavy atom. The monoisotopic (exact) mass is 210 g/mol. The van der Waals surface area contributed by atoms with Crippen LogP contribution in [-0.2, 0) is 12.6 Å². The van der Waals surface area contributed by atoms with E-state index in [2.05, 4.69) is 4.98 Å². The van der Waals surface area contributed by atoms with Crippen molar-refractivity contribution in [1.29, 1.82) is 0 Å². The van der Waals surface area contributed by atoms with E-state index in [0.29, 0.717) is 16.3 Å². The number of nitrogens with zero attached hydrogens (tertiary/aromatic N) is 1. The number of hydrogen-bond donors (Lipinski definition) is 1. The first-order valence-corrected chi connectivity index (χ1v) is 4.50. The Labute approximate surface area is 77.6 Å². The first-order valence-electron chi connectivity index (χ1n) is 3.68. The van der Waals surface area contributed by atoms with Crippen molar-refractivity contribution >= 4 is 11.3 Å². The molecular formula is C7H9F3N2S. The van der Waals surface area contributed by atoms with Gasteiger partial charge in [0.2, 0.25) is 0 Å². The van der Waals surface area contributed by atoms with Crippen LogP contribution in [0.15, 0.2) is 0 Å². The van der Waals surface area contributed by atoms with Crippen molar-refractivity contribution < 1.29 is 13.2 Å². The van der Waals surface area contributed by atoms with Crippen molar-refractivity contribution in [3.8, 4) is 0 Å². The van der Waals surface area contributed by atoms with Gasteiger partial charge in [0.1, 0.15) is 4.88 Å². The molecule has 1 aromatic heterocycles. The molecular weight excluding hydrogens is 201 g/mol. The summed E-state index contributed by atoms with van der Waals surface area (Å²) >= 11 is 0.670. The van der Waals surface area contributed by atoms with Crippen molar-refractivity contribution in [2.75, 3.05) is 6.54 Å². The molecule has 0 spiro atoms. The molecule has 0 aliphatic heterocycles. The van der Waals surface area contributed by atoms with Crippen LogP contribution < -0.4 is 5.73 Å². The molecule has 1 heterocycles. The molecule has 74 valence electrons. The van der Waals surface area contributed by atoms with Crippen LogP contribution in [0.25, 0.3) is 0 Å². The van der Waals surface area contributed by atoms with Gasteiger partial charge in [0.15, 0.2) is 0 Å². The van der Waals surface area contributed by atoms with Crippen molar-refractivity contribution in [1.82, 2.24) is 4.98 Å². The van der Waals surface area contributed by atoms with Crippen molar-refractivity contribution in [3.63, 3.8) is 0 Å². The summed E-state index contributed by atoms with van der Waals surface area (Å²) < 4.78 is 36.9. The fraction of sp³-hybridized carbons (Fsp3) is 0.571. The summed E-state index contributed by atoms with van der Waals surface area (Å²) in [5.41, 5.74) is 5.25. The Kier molecular flexibility index (Phi) is 2.92. The zero-order chi connectivity index (χ0) is 10.1. The normalized spacial score (nSPS) is 12.1. The first-order chi connectivity index (χ1) is 5.95. The minimum Gasteiger partial charge on any atom is -0.330 e. The minimum atomic E-state index is -4.30. The highest BCUT2D eigenvalue weighted by Crippen LogP contribution is 2.36. The lowest BCUT2D eigenvalue weighted by molar-refractivity contribution is -0.135. The third-order valence-electron chi connectivity index (χ3n) is 1.44. The Morgan fingerprint density at radius 2 is 2.08 bits per heavy atom. The molecule has 6 heteroatoms. The first kappa shape index (κ1) is 10.5. The van der Waals surface area contributed by atoms with Gasteiger partial charge in [-0.05, 0) is 13.5 Å². The van der Waals surface area contributed by atoms with Gasteiger partial charge in [-0.25, -0.2) is 4.98 Å². The maximum atomic E-state index is 12.3. The number of rotatable bonds is 2. The van der Waals surface area contributed by atoms with Crippen LogP contribution in [0.3, 0.4) is 0 Å². The van der Waals surface area contributed by atoms with E-state index in [9.17, 15) is 13.2 Å². The van der Waals surface area contributed by atoms with Gasteiger partial charge in [-0.3, -0.25) is 0 Å². The van der Waals surface area contributed by atoms with Crippen molar-refractivity contribution in [3.05, 3.63) is 15.6 Å². The molecule has 1 aromatic rings. The van der Waals surface area contributed by atoms with E-state index in [0.717, 1.165) is 0 Å². The van der Waals surface area contributed by atoms with Gasteiger partial charge in [0.25, 0.3) is 0 Å². The van der Waals surface area contributed by atoms with E-state index in [4.69, 9.17) is 5.73 Å². The molecule has 0 bridgehead atoms. The molecule has 0 atom stereocenters. The second-order valence-corrected chi connectivity index (χ2v) is 3.75. The number of hydrogen-bond acceptors (Lipinski definition) is 3. The topological polar surface area (TPSA) is 38.9 Å². The highest BCUT2D eigenvalue weighted by Gasteiger charge is 2.36. The highest BCUT2D eigenvalue weighted by molar-refractivity contribution is 7.11. The maximum absolute atomic E-state index is 12.3. The molecule has 2 N–H and O–H groups in total. The van der Waals surface area contributed by atoms with Crippen LogP contribution >= 0.6 is 11.3 Å². The predicted octanol–water partition coefficient (Wildman–Crippen LogP) is 1.97. The highest BCUT2D eigenvalue weighted by atomic mass is 32.1. The van der Waals surface area contributed by atoms with Gasteiger partial charge in [0.05, 0.1) is 10.7 Å². The van der Waals surface area contributed by atoms with Gasteiger partial charge >= 0.3 is 6.18 Å². The van der Waals surface area contributed by atoms with E-state index in [-0.39, 0.29) is 18.7 Å². The maximum Gasteiger partial charge on any atom is 0.427 e. The summed E-state index contributed by atoms with van der Waals surface area (Å²) in [6.07, 6.45) is -4.12. The molecule has 0 unspecified atom stereocenters. The molecule has 0 aliphatic carbocycles. The lowest BCUT2D eigenvalue weighted by Gasteiger charge is -2.04. The number of aryl methyl sites for hydroxylation is 1. The molecule has 0 aliphatic rings. The fourth-order valence-corrected chi connectivity index (χ4v) is 1.83. The Balaban J connectivity index is 3.04. The third-order valence-corrected chi connectivity index (χ3v) is 2.50. The number of halogens is 3. The quantitative estimate of drug-likeness (QED) is 0.810. The lowest BCUT2D eigenvalue weighted by atomic mass is 10.2. The SMILES string of the molecule is Cc1nc(CCN)c(C(F)(F)F)s1. The van der Waals surface area contributed by atoms with Gasteiger partial charge in [0, 0.05) is 6.42 Å². The standard InChI is InChI=1S/C7H9F3N2S/c1-4-12-5(2-3-11)6(13-4)7(8,9)10/h2-3,11H2,1H3. The van der Waals surface area contributed by atoms with Crippen LogP contribution in [0, 0.1) is 6.92 Å². The number of aromatic nitrogens is 1. The van der Waals surface area contributed by atoms with Crippen LogP contribution in [0.5, 0.6) is 0 Å². The summed E-state index contributed by atoms with van der Waals surface area (Å²) in [4.78, 5) is 3.17. The second-order valence-electron chi connectivity index (χ2n) is 2.55. The predicted molar refractivity (Wildman–Crippen MR) is 44.6 cm³/mol. The molecule has 0 fully saturated rings. The zero-order valence-corrected chi connectivity index (χ0v) is 7.80. The van der Waals surface area contributed by atoms with E-state index in [1.165, 1.54) is 0 Å². The molecule has 2 nitrogen and oxygen atoms in total. The van der Waals surface area contributed by atoms with Crippen LogP contribution in [-0.4, -0.2) is 11.5 Å². The summed E-state index contributed by atoms with van der Waals surface area (Å²) in [6.45, 7) is 1.74. The molecule has 0 radical (unpaired) electrons.